The van der Waals surface area contributed by atoms with E-state index >= 15 is 0 Å². The van der Waals surface area contributed by atoms with E-state index in [1.54, 1.807) is 13.0 Å². The van der Waals surface area contributed by atoms with Crippen molar-refractivity contribution in [3.8, 4) is 6.07 Å². The number of rotatable bonds is 4. The molecule has 0 fully saturated rings. The minimum absolute atomic E-state index is 0.102. The lowest BCUT2D eigenvalue weighted by molar-refractivity contribution is -0.113. The summed E-state index contributed by atoms with van der Waals surface area (Å²) in [5.74, 6) is 0.128. The number of aryl methyl sites for hydroxylation is 2. The monoisotopic (exact) mass is 339 g/mol. The number of nitrogens with zero attached hydrogens (tertiary/aromatic N) is 4. The van der Waals surface area contributed by atoms with Gasteiger partial charge in [-0.05, 0) is 36.7 Å². The third-order valence-corrected chi connectivity index (χ3v) is 4.30. The zero-order chi connectivity index (χ0) is 17.1. The number of nitrogens with one attached hydrogen (secondary N) is 1. The predicted molar refractivity (Wildman–Crippen MR) is 89.6 cm³/mol. The van der Waals surface area contributed by atoms with Gasteiger partial charge < -0.3 is 5.32 Å². The molecule has 2 heterocycles. The first-order valence-electron chi connectivity index (χ1n) is 7.10. The quantitative estimate of drug-likeness (QED) is 0.729. The Labute approximate surface area is 142 Å². The fraction of sp³-hybridized carbons (Fsp3) is 0.188. The van der Waals surface area contributed by atoms with Crippen LogP contribution in [0.25, 0.3) is 10.9 Å². The van der Waals surface area contributed by atoms with Crippen molar-refractivity contribution in [3.05, 3.63) is 41.1 Å². The molecule has 1 N–H and O–H groups in total. The lowest BCUT2D eigenvalue weighted by Crippen LogP contribution is -2.15. The summed E-state index contributed by atoms with van der Waals surface area (Å²) in [6.45, 7) is 3.66. The van der Waals surface area contributed by atoms with E-state index in [2.05, 4.69) is 31.3 Å². The van der Waals surface area contributed by atoms with E-state index in [0.29, 0.717) is 22.1 Å². The maximum atomic E-state index is 12.0. The predicted octanol–water partition coefficient (Wildman–Crippen LogP) is 2.84. The van der Waals surface area contributed by atoms with Crippen molar-refractivity contribution in [2.24, 2.45) is 0 Å². The van der Waals surface area contributed by atoms with Crippen LogP contribution in [0.3, 0.4) is 0 Å². The molecule has 0 aliphatic carbocycles. The molecule has 0 radical (unpaired) electrons. The summed E-state index contributed by atoms with van der Waals surface area (Å²) in [7, 11) is 0. The molecular formula is C16H13N5O2S. The standard InChI is InChI=1S/C16H13N5O2S/c1-9-3-4-11-6-12(7-17)16(18-13(11)5-9)24-8-14(22)19-15-10(2)20-23-21-15/h3-6H,8H2,1-2H3,(H,19,21,22). The topological polar surface area (TPSA) is 105 Å². The minimum Gasteiger partial charge on any atom is -0.306 e. The van der Waals surface area contributed by atoms with Crippen molar-refractivity contribution < 1.29 is 9.42 Å². The summed E-state index contributed by atoms with van der Waals surface area (Å²) in [6, 6.07) is 9.77. The molecule has 2 aromatic heterocycles. The summed E-state index contributed by atoms with van der Waals surface area (Å²) in [6.07, 6.45) is 0. The molecule has 0 saturated carbocycles. The Morgan fingerprint density at radius 3 is 2.88 bits per heavy atom. The molecule has 0 spiro atoms. The van der Waals surface area contributed by atoms with Crippen molar-refractivity contribution in [2.45, 2.75) is 18.9 Å². The lowest BCUT2D eigenvalue weighted by Gasteiger charge is -2.06. The average Bonchev–Trinajstić information content (AvgIpc) is 2.96. The van der Waals surface area contributed by atoms with Gasteiger partial charge in [-0.1, -0.05) is 29.1 Å². The van der Waals surface area contributed by atoms with E-state index in [9.17, 15) is 10.1 Å². The summed E-state index contributed by atoms with van der Waals surface area (Å²) in [4.78, 5) is 16.5. The van der Waals surface area contributed by atoms with Crippen molar-refractivity contribution in [1.82, 2.24) is 15.3 Å². The number of fused-ring (bicyclic) bond motifs is 1. The number of carbonyl (C=O) groups is 1. The van der Waals surface area contributed by atoms with Crippen LogP contribution in [0.15, 0.2) is 33.9 Å². The van der Waals surface area contributed by atoms with Crippen LogP contribution in [-0.4, -0.2) is 27.0 Å². The van der Waals surface area contributed by atoms with Crippen LogP contribution in [0.5, 0.6) is 0 Å². The van der Waals surface area contributed by atoms with Crippen molar-refractivity contribution >= 4 is 34.4 Å². The molecule has 120 valence electrons. The van der Waals surface area contributed by atoms with Crippen molar-refractivity contribution in [2.75, 3.05) is 11.1 Å². The van der Waals surface area contributed by atoms with Crippen LogP contribution >= 0.6 is 11.8 Å². The number of nitriles is 1. The SMILES string of the molecule is Cc1ccc2cc(C#N)c(SCC(=O)Nc3nonc3C)nc2c1. The van der Waals surface area contributed by atoms with Gasteiger partial charge in [0.2, 0.25) is 5.91 Å². The molecule has 3 aromatic rings. The summed E-state index contributed by atoms with van der Waals surface area (Å²) < 4.78 is 4.53. The van der Waals surface area contributed by atoms with Gasteiger partial charge in [0.15, 0.2) is 5.82 Å². The minimum atomic E-state index is -0.270. The number of hydrogen-bond donors (Lipinski definition) is 1. The number of benzene rings is 1. The summed E-state index contributed by atoms with van der Waals surface area (Å²) >= 11 is 1.20. The number of pyridine rings is 1. The highest BCUT2D eigenvalue weighted by molar-refractivity contribution is 8.00. The van der Waals surface area contributed by atoms with E-state index in [1.807, 2.05) is 25.1 Å². The molecule has 0 atom stereocenters. The molecule has 1 amide bonds. The van der Waals surface area contributed by atoms with Crippen LogP contribution in [0.4, 0.5) is 5.82 Å². The Morgan fingerprint density at radius 1 is 1.33 bits per heavy atom. The highest BCUT2D eigenvalue weighted by Gasteiger charge is 2.13. The second kappa shape index (κ2) is 6.68. The second-order valence-electron chi connectivity index (χ2n) is 5.18. The Kier molecular flexibility index (Phi) is 4.44. The first kappa shape index (κ1) is 16.0. The number of aromatic nitrogens is 3. The molecule has 3 rings (SSSR count). The van der Waals surface area contributed by atoms with Gasteiger partial charge in [0.05, 0.1) is 16.8 Å². The normalized spacial score (nSPS) is 10.5. The lowest BCUT2D eigenvalue weighted by atomic mass is 10.1. The second-order valence-corrected chi connectivity index (χ2v) is 6.15. The molecule has 0 aliphatic rings. The molecule has 1 aromatic carbocycles. The number of thioether (sulfide) groups is 1. The average molecular weight is 339 g/mol. The molecule has 0 saturated heterocycles. The van der Waals surface area contributed by atoms with Gasteiger partial charge >= 0.3 is 0 Å². The number of carbonyl (C=O) groups excluding carboxylic acids is 1. The van der Waals surface area contributed by atoms with Crippen LogP contribution in [0.2, 0.25) is 0 Å². The van der Waals surface area contributed by atoms with Gasteiger partial charge in [0.25, 0.3) is 0 Å². The van der Waals surface area contributed by atoms with Crippen LogP contribution in [0.1, 0.15) is 16.8 Å². The van der Waals surface area contributed by atoms with Gasteiger partial charge in [-0.15, -0.1) is 0 Å². The zero-order valence-electron chi connectivity index (χ0n) is 13.0. The van der Waals surface area contributed by atoms with E-state index in [0.717, 1.165) is 16.5 Å². The fourth-order valence-corrected chi connectivity index (χ4v) is 2.86. The van der Waals surface area contributed by atoms with Gasteiger partial charge in [-0.2, -0.15) is 5.26 Å². The Bertz CT molecular complexity index is 961. The highest BCUT2D eigenvalue weighted by Crippen LogP contribution is 2.25. The van der Waals surface area contributed by atoms with Gasteiger partial charge in [-0.3, -0.25) is 4.79 Å². The molecule has 24 heavy (non-hydrogen) atoms. The van der Waals surface area contributed by atoms with E-state index in [1.165, 1.54) is 11.8 Å². The first-order chi connectivity index (χ1) is 11.6. The third-order valence-electron chi connectivity index (χ3n) is 3.31. The molecule has 7 nitrogen and oxygen atoms in total. The molecule has 8 heteroatoms. The summed E-state index contributed by atoms with van der Waals surface area (Å²) in [5.41, 5.74) is 2.84. The van der Waals surface area contributed by atoms with Crippen molar-refractivity contribution in [3.63, 3.8) is 0 Å². The number of hydrogen-bond acceptors (Lipinski definition) is 7. The van der Waals surface area contributed by atoms with E-state index in [-0.39, 0.29) is 11.7 Å². The molecule has 0 aliphatic heterocycles. The van der Waals surface area contributed by atoms with Gasteiger partial charge in [-0.25, -0.2) is 9.61 Å². The van der Waals surface area contributed by atoms with E-state index in [4.69, 9.17) is 0 Å². The van der Waals surface area contributed by atoms with Crippen molar-refractivity contribution in [1.29, 1.82) is 5.26 Å². The fourth-order valence-electron chi connectivity index (χ4n) is 2.10. The summed E-state index contributed by atoms with van der Waals surface area (Å²) in [5, 5.41) is 20.5. The smallest absolute Gasteiger partial charge is 0.236 e. The molecule has 0 bridgehead atoms. The largest absolute Gasteiger partial charge is 0.306 e. The zero-order valence-corrected chi connectivity index (χ0v) is 13.8. The molecule has 0 unspecified atom stereocenters. The maximum absolute atomic E-state index is 12.0. The first-order valence-corrected chi connectivity index (χ1v) is 8.08. The number of amides is 1. The third kappa shape index (κ3) is 3.36. The molecular weight excluding hydrogens is 326 g/mol. The van der Waals surface area contributed by atoms with Gasteiger partial charge in [0, 0.05) is 5.39 Å². The van der Waals surface area contributed by atoms with Crippen LogP contribution in [-0.2, 0) is 4.79 Å². The number of anilines is 1. The van der Waals surface area contributed by atoms with Crippen LogP contribution in [0, 0.1) is 25.2 Å². The van der Waals surface area contributed by atoms with Gasteiger partial charge in [0.1, 0.15) is 16.8 Å². The Balaban J connectivity index is 1.78. The maximum Gasteiger partial charge on any atom is 0.236 e. The highest BCUT2D eigenvalue weighted by atomic mass is 32.2. The van der Waals surface area contributed by atoms with E-state index < -0.39 is 0 Å². The Morgan fingerprint density at radius 2 is 2.17 bits per heavy atom. The van der Waals surface area contributed by atoms with Crippen LogP contribution < -0.4 is 5.32 Å². The Hall–Kier alpha value is -2.92.